The Morgan fingerprint density at radius 3 is 1.26 bits per heavy atom. The van der Waals surface area contributed by atoms with Crippen LogP contribution in [0.3, 0.4) is 0 Å². The molecule has 6 aromatic rings. The van der Waals surface area contributed by atoms with E-state index in [-0.39, 0.29) is 22.3 Å². The summed E-state index contributed by atoms with van der Waals surface area (Å²) in [7, 11) is 0. The Labute approximate surface area is 340 Å². The maximum atomic E-state index is 8.88. The van der Waals surface area contributed by atoms with Crippen molar-refractivity contribution >= 4 is 0 Å². The summed E-state index contributed by atoms with van der Waals surface area (Å²) >= 11 is 0. The summed E-state index contributed by atoms with van der Waals surface area (Å²) in [5.74, 6) is 1.40. The molecule has 0 amide bonds. The van der Waals surface area contributed by atoms with Crippen LogP contribution in [0.15, 0.2) is 109 Å². The van der Waals surface area contributed by atoms with Gasteiger partial charge in [0.15, 0.2) is 0 Å². The monoisotopic (exact) mass is 722 g/mol. The van der Waals surface area contributed by atoms with E-state index < -0.39 is 49.1 Å². The molecule has 2 heterocycles. The molecular formula is C52H54O2. The minimum absolute atomic E-state index is 0.0964. The highest BCUT2D eigenvalue weighted by Gasteiger charge is 2.39. The molecule has 0 saturated carbocycles. The van der Waals surface area contributed by atoms with Crippen LogP contribution in [0, 0.1) is 13.7 Å². The Morgan fingerprint density at radius 2 is 0.889 bits per heavy atom. The van der Waals surface area contributed by atoms with Gasteiger partial charge in [-0.1, -0.05) is 154 Å². The van der Waals surface area contributed by atoms with E-state index in [4.69, 9.17) is 25.9 Å². The Bertz CT molecular complexity index is 2720. The quantitative estimate of drug-likeness (QED) is 0.181. The van der Waals surface area contributed by atoms with Gasteiger partial charge in [-0.15, -0.1) is 0 Å². The zero-order valence-corrected chi connectivity index (χ0v) is 32.2. The van der Waals surface area contributed by atoms with Crippen molar-refractivity contribution in [3.63, 3.8) is 0 Å². The lowest BCUT2D eigenvalue weighted by atomic mass is 9.71. The van der Waals surface area contributed by atoms with Gasteiger partial charge in [0.05, 0.1) is 0 Å². The fraction of sp³-hybridized carbons (Fsp3) is 0.308. The number of rotatable bonds is 3. The second kappa shape index (κ2) is 12.2. The number of hydrogen-bond acceptors (Lipinski definition) is 2. The molecule has 2 unspecified atom stereocenters. The molecule has 0 aromatic heterocycles. The first kappa shape index (κ1) is 24.4. The molecule has 6 aromatic carbocycles. The van der Waals surface area contributed by atoms with Gasteiger partial charge in [0.2, 0.25) is 0 Å². The van der Waals surface area contributed by atoms with Gasteiger partial charge in [0, 0.05) is 60.7 Å². The third-order valence-corrected chi connectivity index (χ3v) is 11.2. The van der Waals surface area contributed by atoms with E-state index >= 15 is 0 Å². The summed E-state index contributed by atoms with van der Waals surface area (Å²) in [6, 6.07) is 31.3. The molecular weight excluding hydrogens is 657 g/mol. The molecule has 0 radical (unpaired) electrons. The summed E-state index contributed by atoms with van der Waals surface area (Å²) in [4.78, 5) is 0. The predicted molar refractivity (Wildman–Crippen MR) is 227 cm³/mol. The smallest absolute Gasteiger partial charge is 0.139 e. The molecule has 0 fully saturated rings. The fourth-order valence-electron chi connectivity index (χ4n) is 8.28. The SMILES string of the molecule is [2H]C([2H])([2H])c1ccc(-c2c(C(C)(C)C)ccc3c2Oc2ccccc2C3(C)C([2H])([2H])[2H])cc1-c1cc(-c2c(C(C)(C)C)ccc3c2Oc2ccccc2C3(C)C([2H])([2H])[2H])ccc1C([2H])([2H])[2H]. The highest BCUT2D eigenvalue weighted by molar-refractivity contribution is 5.87. The third kappa shape index (κ3) is 5.60. The number of benzene rings is 6. The van der Waals surface area contributed by atoms with Crippen molar-refractivity contribution < 1.29 is 25.9 Å². The molecule has 2 nitrogen and oxygen atoms in total. The van der Waals surface area contributed by atoms with Crippen LogP contribution in [-0.4, -0.2) is 0 Å². The van der Waals surface area contributed by atoms with Crippen LogP contribution < -0.4 is 9.47 Å². The van der Waals surface area contributed by atoms with E-state index in [0.29, 0.717) is 67.5 Å². The third-order valence-electron chi connectivity index (χ3n) is 11.2. The molecule has 0 saturated heterocycles. The Hall–Kier alpha value is -5.08. The summed E-state index contributed by atoms with van der Waals surface area (Å²) < 4.78 is 120. The van der Waals surface area contributed by atoms with Crippen LogP contribution >= 0.6 is 0 Å². The number of para-hydroxylation sites is 2. The zero-order valence-electron chi connectivity index (χ0n) is 44.2. The first-order valence-electron chi connectivity index (χ1n) is 24.5. The molecule has 2 aliphatic rings. The molecule has 0 bridgehead atoms. The highest BCUT2D eigenvalue weighted by atomic mass is 16.5. The molecule has 54 heavy (non-hydrogen) atoms. The maximum Gasteiger partial charge on any atom is 0.139 e. The molecule has 2 aliphatic heterocycles. The van der Waals surface area contributed by atoms with Crippen LogP contribution in [-0.2, 0) is 21.7 Å². The van der Waals surface area contributed by atoms with E-state index in [9.17, 15) is 0 Å². The maximum absolute atomic E-state index is 8.88. The lowest BCUT2D eigenvalue weighted by Crippen LogP contribution is -2.26. The Balaban J connectivity index is 1.47. The van der Waals surface area contributed by atoms with Crippen molar-refractivity contribution in [3.8, 4) is 56.4 Å². The lowest BCUT2D eigenvalue weighted by molar-refractivity contribution is 0.417. The average Bonchev–Trinajstić information content (AvgIpc) is 3.20. The molecule has 8 rings (SSSR count). The molecule has 0 spiro atoms. The standard InChI is InChI=1S/C52H54O2/c1-31-21-23-33(45-39(49(3,4)5)25-27-41-47(45)53-43-19-15-13-17-37(43)51(41,9)10)29-35(31)36-30-34(24-22-32(36)2)46-40(50(6,7)8)26-28-42-48(46)54-44-20-16-14-18-38(44)52(42,11)12/h13-30H,1-12H3/i1D3,2D3,9D3,11D3. The average molecular weight is 723 g/mol. The van der Waals surface area contributed by atoms with Crippen molar-refractivity contribution in [2.24, 2.45) is 0 Å². The number of fused-ring (bicyclic) bond motifs is 4. The first-order valence-corrected chi connectivity index (χ1v) is 18.5. The highest BCUT2D eigenvalue weighted by Crippen LogP contribution is 2.56. The van der Waals surface area contributed by atoms with Crippen molar-refractivity contribution in [3.05, 3.63) is 154 Å². The number of ether oxygens (including phenoxy) is 2. The van der Waals surface area contributed by atoms with Gasteiger partial charge < -0.3 is 9.47 Å². The van der Waals surface area contributed by atoms with Gasteiger partial charge in [-0.3, -0.25) is 0 Å². The van der Waals surface area contributed by atoms with Crippen molar-refractivity contribution in [1.82, 2.24) is 0 Å². The van der Waals surface area contributed by atoms with Gasteiger partial charge in [0.25, 0.3) is 0 Å². The summed E-state index contributed by atoms with van der Waals surface area (Å²) in [5.41, 5.74) is 1.59. The van der Waals surface area contributed by atoms with Crippen LogP contribution in [0.2, 0.25) is 0 Å². The zero-order chi connectivity index (χ0) is 48.5. The number of hydrogen-bond donors (Lipinski definition) is 0. The van der Waals surface area contributed by atoms with Crippen LogP contribution in [0.5, 0.6) is 23.0 Å². The normalized spacial score (nSPS) is 23.0. The molecule has 2 heteroatoms. The second-order valence-corrected chi connectivity index (χ2v) is 17.2. The van der Waals surface area contributed by atoms with Gasteiger partial charge >= 0.3 is 0 Å². The van der Waals surface area contributed by atoms with Gasteiger partial charge in [-0.25, -0.2) is 0 Å². The van der Waals surface area contributed by atoms with E-state index in [1.807, 2.05) is 53.7 Å². The van der Waals surface area contributed by atoms with Crippen LogP contribution in [0.1, 0.15) is 130 Å². The van der Waals surface area contributed by atoms with E-state index in [2.05, 4.69) is 0 Å². The van der Waals surface area contributed by atoms with E-state index in [0.717, 1.165) is 11.1 Å². The minimum atomic E-state index is -2.72. The first-order chi connectivity index (χ1) is 30.3. The van der Waals surface area contributed by atoms with Crippen molar-refractivity contribution in [1.29, 1.82) is 0 Å². The van der Waals surface area contributed by atoms with Crippen molar-refractivity contribution in [2.45, 2.75) is 104 Å². The van der Waals surface area contributed by atoms with E-state index in [1.165, 1.54) is 12.1 Å². The predicted octanol–water partition coefficient (Wildman–Crippen LogP) is 14.8. The summed E-state index contributed by atoms with van der Waals surface area (Å²) in [6.45, 7) is 5.07. The second-order valence-electron chi connectivity index (χ2n) is 17.2. The summed E-state index contributed by atoms with van der Waals surface area (Å²) in [6.07, 6.45) is 0. The van der Waals surface area contributed by atoms with Crippen LogP contribution in [0.25, 0.3) is 33.4 Å². The van der Waals surface area contributed by atoms with Gasteiger partial charge in [0.1, 0.15) is 23.0 Å². The van der Waals surface area contributed by atoms with Gasteiger partial charge in [-0.05, 0) is 93.3 Å². The Kier molecular flexibility index (Phi) is 5.51. The molecule has 2 atom stereocenters. The van der Waals surface area contributed by atoms with E-state index in [1.54, 1.807) is 98.8 Å². The molecule has 0 aliphatic carbocycles. The lowest BCUT2D eigenvalue weighted by Gasteiger charge is -2.37. The number of aryl methyl sites for hydroxylation is 2. The van der Waals surface area contributed by atoms with Crippen molar-refractivity contribution in [2.75, 3.05) is 0 Å². The minimum Gasteiger partial charge on any atom is -0.456 e. The Morgan fingerprint density at radius 1 is 0.481 bits per heavy atom. The fourth-order valence-corrected chi connectivity index (χ4v) is 8.28. The topological polar surface area (TPSA) is 18.5 Å². The largest absolute Gasteiger partial charge is 0.456 e. The van der Waals surface area contributed by atoms with Crippen LogP contribution in [0.4, 0.5) is 0 Å². The molecule has 0 N–H and O–H groups in total. The molecule has 274 valence electrons. The summed E-state index contributed by atoms with van der Waals surface area (Å²) in [5, 5.41) is 0. The van der Waals surface area contributed by atoms with Gasteiger partial charge in [-0.2, -0.15) is 0 Å².